The second-order valence-electron chi connectivity index (χ2n) is 6.86. The summed E-state index contributed by atoms with van der Waals surface area (Å²) in [6.07, 6.45) is 1.86. The Balaban J connectivity index is 1.80. The second kappa shape index (κ2) is 8.89. The van der Waals surface area contributed by atoms with E-state index in [1.54, 1.807) is 16.0 Å². The molecule has 1 aromatic carbocycles. The summed E-state index contributed by atoms with van der Waals surface area (Å²) in [5.41, 5.74) is 3.90. The normalized spacial score (nSPS) is 11.2. The molecule has 3 heterocycles. The maximum atomic E-state index is 10.7. The van der Waals surface area contributed by atoms with Crippen molar-refractivity contribution in [1.29, 1.82) is 0 Å². The number of anilines is 1. The van der Waals surface area contributed by atoms with Crippen LogP contribution in [0.4, 0.5) is 5.82 Å². The predicted molar refractivity (Wildman–Crippen MR) is 123 cm³/mol. The molecule has 30 heavy (non-hydrogen) atoms. The zero-order valence-corrected chi connectivity index (χ0v) is 18.3. The largest absolute Gasteiger partial charge is 0.354 e. The van der Waals surface area contributed by atoms with Gasteiger partial charge in [0, 0.05) is 29.7 Å². The minimum absolute atomic E-state index is 0.196. The molecule has 0 saturated heterocycles. The third-order valence-electron chi connectivity index (χ3n) is 4.77. The standard InChI is InChI=1S/C21H21ClN6OS/c1-3-27(10-8-23-29)20-19-18(12-16(13-22)30-19)24-21(25-20)28-9-7-17(26-28)15-6-4-5-14(2)11-15/h4-7,9,11-12H,3,8,10,13H2,1-2H3. The summed E-state index contributed by atoms with van der Waals surface area (Å²) >= 11 is 7.63. The number of nitrogens with zero attached hydrogens (tertiary/aromatic N) is 6. The van der Waals surface area contributed by atoms with E-state index in [0.29, 0.717) is 24.9 Å². The zero-order chi connectivity index (χ0) is 21.1. The molecule has 0 aliphatic heterocycles. The molecule has 3 aromatic heterocycles. The second-order valence-corrected chi connectivity index (χ2v) is 8.26. The summed E-state index contributed by atoms with van der Waals surface area (Å²) in [4.78, 5) is 23.3. The van der Waals surface area contributed by atoms with Gasteiger partial charge in [0.2, 0.25) is 0 Å². The fourth-order valence-electron chi connectivity index (χ4n) is 3.30. The van der Waals surface area contributed by atoms with E-state index in [9.17, 15) is 4.91 Å². The summed E-state index contributed by atoms with van der Waals surface area (Å²) in [5.74, 6) is 1.67. The highest BCUT2D eigenvalue weighted by Crippen LogP contribution is 2.33. The molecular formula is C21H21ClN6OS. The first-order valence-corrected chi connectivity index (χ1v) is 11.0. The first-order chi connectivity index (χ1) is 14.6. The highest BCUT2D eigenvalue weighted by atomic mass is 35.5. The highest BCUT2D eigenvalue weighted by Gasteiger charge is 2.18. The number of aryl methyl sites for hydroxylation is 1. The van der Waals surface area contributed by atoms with Gasteiger partial charge in [0.05, 0.1) is 28.3 Å². The first kappa shape index (κ1) is 20.4. The van der Waals surface area contributed by atoms with Gasteiger partial charge in [-0.05, 0) is 32.0 Å². The topological polar surface area (TPSA) is 76.3 Å². The number of thiophene rings is 1. The Morgan fingerprint density at radius 2 is 2.10 bits per heavy atom. The van der Waals surface area contributed by atoms with Gasteiger partial charge in [-0.25, -0.2) is 9.67 Å². The predicted octanol–water partition coefficient (Wildman–Crippen LogP) is 5.18. The van der Waals surface area contributed by atoms with Crippen molar-refractivity contribution in [3.8, 4) is 17.2 Å². The summed E-state index contributed by atoms with van der Waals surface area (Å²) in [7, 11) is 0. The molecular weight excluding hydrogens is 420 g/mol. The van der Waals surface area contributed by atoms with Crippen molar-refractivity contribution in [2.45, 2.75) is 19.7 Å². The Labute approximate surface area is 183 Å². The van der Waals surface area contributed by atoms with Crippen LogP contribution in [-0.2, 0) is 5.88 Å². The van der Waals surface area contributed by atoms with E-state index in [0.717, 1.165) is 32.2 Å². The number of fused-ring (bicyclic) bond motifs is 1. The molecule has 0 saturated carbocycles. The van der Waals surface area contributed by atoms with E-state index in [1.165, 1.54) is 5.56 Å². The lowest BCUT2D eigenvalue weighted by Crippen LogP contribution is -2.27. The minimum atomic E-state index is 0.196. The number of halogens is 1. The van der Waals surface area contributed by atoms with Gasteiger partial charge in [0.1, 0.15) is 0 Å². The number of hydrogen-bond donors (Lipinski definition) is 0. The van der Waals surface area contributed by atoms with E-state index < -0.39 is 0 Å². The van der Waals surface area contributed by atoms with Crippen molar-refractivity contribution >= 4 is 39.0 Å². The van der Waals surface area contributed by atoms with Crippen LogP contribution in [-0.4, -0.2) is 39.4 Å². The molecule has 0 fully saturated rings. The fraction of sp³-hybridized carbons (Fsp3) is 0.286. The van der Waals surface area contributed by atoms with Crippen molar-refractivity contribution in [1.82, 2.24) is 19.7 Å². The molecule has 0 atom stereocenters. The van der Waals surface area contributed by atoms with E-state index in [4.69, 9.17) is 26.7 Å². The minimum Gasteiger partial charge on any atom is -0.354 e. The van der Waals surface area contributed by atoms with Gasteiger partial charge in [-0.1, -0.05) is 28.9 Å². The van der Waals surface area contributed by atoms with Crippen LogP contribution in [0.15, 0.2) is 47.8 Å². The summed E-state index contributed by atoms with van der Waals surface area (Å²) in [6.45, 7) is 5.47. The number of nitroso groups, excluding NO2 is 1. The van der Waals surface area contributed by atoms with Gasteiger partial charge >= 0.3 is 0 Å². The molecule has 9 heteroatoms. The highest BCUT2D eigenvalue weighted by molar-refractivity contribution is 7.19. The van der Waals surface area contributed by atoms with E-state index in [2.05, 4.69) is 24.2 Å². The number of benzene rings is 1. The third kappa shape index (κ3) is 4.06. The molecule has 0 aliphatic carbocycles. The van der Waals surface area contributed by atoms with E-state index in [-0.39, 0.29) is 6.54 Å². The molecule has 0 radical (unpaired) electrons. The molecule has 7 nitrogen and oxygen atoms in total. The molecule has 0 unspecified atom stereocenters. The number of hydrogen-bond acceptors (Lipinski definition) is 7. The van der Waals surface area contributed by atoms with Gasteiger partial charge in [-0.15, -0.1) is 22.9 Å². The maximum absolute atomic E-state index is 10.7. The lowest BCUT2D eigenvalue weighted by molar-refractivity contribution is 0.778. The third-order valence-corrected chi connectivity index (χ3v) is 6.34. The van der Waals surface area contributed by atoms with Gasteiger partial charge in [-0.2, -0.15) is 15.0 Å². The zero-order valence-electron chi connectivity index (χ0n) is 16.7. The molecule has 0 spiro atoms. The van der Waals surface area contributed by atoms with Crippen LogP contribution in [0.1, 0.15) is 17.4 Å². The quantitative estimate of drug-likeness (QED) is 0.278. The summed E-state index contributed by atoms with van der Waals surface area (Å²) < 4.78 is 2.64. The maximum Gasteiger partial charge on any atom is 0.253 e. The molecule has 154 valence electrons. The SMILES string of the molecule is CCN(CCN=O)c1nc(-n2ccc(-c3cccc(C)c3)n2)nc2cc(CCl)sc12. The van der Waals surface area contributed by atoms with Crippen LogP contribution in [0.25, 0.3) is 27.4 Å². The Kier molecular flexibility index (Phi) is 6.06. The van der Waals surface area contributed by atoms with Crippen LogP contribution in [0.2, 0.25) is 0 Å². The smallest absolute Gasteiger partial charge is 0.253 e. The van der Waals surface area contributed by atoms with Crippen LogP contribution >= 0.6 is 22.9 Å². The van der Waals surface area contributed by atoms with Crippen LogP contribution in [0, 0.1) is 11.8 Å². The lowest BCUT2D eigenvalue weighted by atomic mass is 10.1. The summed E-state index contributed by atoms with van der Waals surface area (Å²) in [6, 6.07) is 12.1. The van der Waals surface area contributed by atoms with Gasteiger partial charge < -0.3 is 4.90 Å². The molecule has 4 aromatic rings. The molecule has 4 rings (SSSR count). The van der Waals surface area contributed by atoms with Crippen molar-refractivity contribution in [2.24, 2.45) is 5.18 Å². The van der Waals surface area contributed by atoms with Gasteiger partial charge in [-0.3, -0.25) is 0 Å². The Bertz CT molecular complexity index is 1190. The van der Waals surface area contributed by atoms with Crippen molar-refractivity contribution in [3.05, 3.63) is 57.9 Å². The van der Waals surface area contributed by atoms with Crippen molar-refractivity contribution in [2.75, 3.05) is 24.5 Å². The number of alkyl halides is 1. The van der Waals surface area contributed by atoms with E-state index >= 15 is 0 Å². The van der Waals surface area contributed by atoms with Crippen LogP contribution in [0.3, 0.4) is 0 Å². The molecule has 0 N–H and O–H groups in total. The first-order valence-electron chi connectivity index (χ1n) is 9.66. The summed E-state index contributed by atoms with van der Waals surface area (Å²) in [5, 5.41) is 7.70. The van der Waals surface area contributed by atoms with E-state index in [1.807, 2.05) is 42.3 Å². The van der Waals surface area contributed by atoms with Crippen LogP contribution < -0.4 is 4.90 Å². The average Bonchev–Trinajstić information content (AvgIpc) is 3.41. The van der Waals surface area contributed by atoms with Crippen LogP contribution in [0.5, 0.6) is 0 Å². The van der Waals surface area contributed by atoms with Gasteiger partial charge in [0.25, 0.3) is 5.95 Å². The van der Waals surface area contributed by atoms with Crippen molar-refractivity contribution in [3.63, 3.8) is 0 Å². The lowest BCUT2D eigenvalue weighted by Gasteiger charge is -2.21. The van der Waals surface area contributed by atoms with Crippen molar-refractivity contribution < 1.29 is 0 Å². The fourth-order valence-corrected chi connectivity index (χ4v) is 4.51. The average molecular weight is 441 g/mol. The monoisotopic (exact) mass is 440 g/mol. The number of likely N-dealkylation sites (N-methyl/N-ethyl adjacent to an activating group) is 1. The number of aromatic nitrogens is 4. The van der Waals surface area contributed by atoms with Gasteiger partial charge in [0.15, 0.2) is 5.82 Å². The Morgan fingerprint density at radius 1 is 1.23 bits per heavy atom. The molecule has 0 aliphatic rings. The Hall–Kier alpha value is -2.84. The molecule has 0 bridgehead atoms. The number of rotatable bonds is 8. The Morgan fingerprint density at radius 3 is 2.83 bits per heavy atom. The molecule has 0 amide bonds.